The molecule has 1 rings (SSSR count). The van der Waals surface area contributed by atoms with Crippen LogP contribution in [0.5, 0.6) is 0 Å². The second-order valence-electron chi connectivity index (χ2n) is 4.04. The third-order valence-corrected chi connectivity index (χ3v) is 4.00. The first-order valence-corrected chi connectivity index (χ1v) is 7.15. The van der Waals surface area contributed by atoms with E-state index in [4.69, 9.17) is 10.5 Å². The Morgan fingerprint density at radius 1 is 1.50 bits per heavy atom. The third kappa shape index (κ3) is 5.69. The van der Waals surface area contributed by atoms with E-state index < -0.39 is 12.6 Å². The number of alkyl halides is 3. The van der Waals surface area contributed by atoms with Crippen molar-refractivity contribution < 1.29 is 17.9 Å². The maximum Gasteiger partial charge on any atom is 0.389 e. The number of nitrogens with two attached hydrogens (primary N) is 1. The van der Waals surface area contributed by atoms with Crippen molar-refractivity contribution in [1.82, 2.24) is 0 Å². The predicted octanol–water partition coefficient (Wildman–Crippen LogP) is 4.26. The Balaban J connectivity index is 2.45. The van der Waals surface area contributed by atoms with Crippen LogP contribution in [0.2, 0.25) is 0 Å². The number of hydrogen-bond acceptors (Lipinski definition) is 3. The van der Waals surface area contributed by atoms with Crippen molar-refractivity contribution in [3.8, 4) is 0 Å². The molecule has 0 saturated heterocycles. The van der Waals surface area contributed by atoms with E-state index in [1.54, 1.807) is 6.92 Å². The van der Waals surface area contributed by atoms with Crippen LogP contribution in [-0.4, -0.2) is 18.8 Å². The number of thiophene rings is 1. The molecule has 104 valence electrons. The molecular formula is C11H15BrF3NOS. The van der Waals surface area contributed by atoms with Crippen LogP contribution in [0.4, 0.5) is 13.2 Å². The fraction of sp³-hybridized carbons (Fsp3) is 0.636. The van der Waals surface area contributed by atoms with Gasteiger partial charge in [-0.15, -0.1) is 11.3 Å². The number of halogens is 4. The summed E-state index contributed by atoms with van der Waals surface area (Å²) in [4.78, 5) is 0.920. The fourth-order valence-corrected chi connectivity index (χ4v) is 3.06. The zero-order valence-corrected chi connectivity index (χ0v) is 12.2. The van der Waals surface area contributed by atoms with Crippen LogP contribution in [0.3, 0.4) is 0 Å². The highest BCUT2D eigenvalue weighted by Gasteiger charge is 2.26. The largest absolute Gasteiger partial charge is 0.389 e. The van der Waals surface area contributed by atoms with E-state index in [-0.39, 0.29) is 25.2 Å². The van der Waals surface area contributed by atoms with Crippen LogP contribution < -0.4 is 5.73 Å². The van der Waals surface area contributed by atoms with Crippen LogP contribution in [0.1, 0.15) is 30.7 Å². The maximum atomic E-state index is 12.0. The zero-order valence-electron chi connectivity index (χ0n) is 9.84. The van der Waals surface area contributed by atoms with E-state index >= 15 is 0 Å². The van der Waals surface area contributed by atoms with E-state index in [0.717, 1.165) is 9.35 Å². The summed E-state index contributed by atoms with van der Waals surface area (Å²) in [6, 6.07) is 1.61. The van der Waals surface area contributed by atoms with Gasteiger partial charge in [-0.3, -0.25) is 0 Å². The average Bonchev–Trinajstić information content (AvgIpc) is 2.62. The summed E-state index contributed by atoms with van der Waals surface area (Å²) in [5.74, 6) is 0. The first-order chi connectivity index (χ1) is 8.29. The molecule has 2 nitrogen and oxygen atoms in total. The predicted molar refractivity (Wildman–Crippen MR) is 69.7 cm³/mol. The Hall–Kier alpha value is -0.110. The molecule has 2 atom stereocenters. The molecular weight excluding hydrogens is 331 g/mol. The monoisotopic (exact) mass is 345 g/mol. The highest BCUT2D eigenvalue weighted by molar-refractivity contribution is 9.10. The van der Waals surface area contributed by atoms with Crippen molar-refractivity contribution in [2.75, 3.05) is 6.61 Å². The van der Waals surface area contributed by atoms with Gasteiger partial charge in [-0.25, -0.2) is 0 Å². The van der Waals surface area contributed by atoms with E-state index in [1.807, 2.05) is 11.4 Å². The van der Waals surface area contributed by atoms with Gasteiger partial charge in [0.15, 0.2) is 0 Å². The van der Waals surface area contributed by atoms with Crippen molar-refractivity contribution >= 4 is 27.3 Å². The quantitative estimate of drug-likeness (QED) is 0.782. The number of rotatable bonds is 6. The molecule has 2 N–H and O–H groups in total. The van der Waals surface area contributed by atoms with Gasteiger partial charge in [-0.05, 0) is 35.3 Å². The molecule has 0 aliphatic heterocycles. The molecule has 0 aliphatic carbocycles. The molecule has 0 saturated carbocycles. The molecule has 0 amide bonds. The number of hydrogen-bond donors (Lipinski definition) is 1. The molecule has 0 bridgehead atoms. The standard InChI is InChI=1S/C11H15BrF3NOS/c1-7(16)10(9-5-8(12)6-18-9)17-4-2-3-11(13,14)15/h5-7,10H,2-4,16H2,1H3. The smallest absolute Gasteiger partial charge is 0.371 e. The van der Waals surface area contributed by atoms with Crippen molar-refractivity contribution in [1.29, 1.82) is 0 Å². The Morgan fingerprint density at radius 2 is 2.17 bits per heavy atom. The van der Waals surface area contributed by atoms with Crippen molar-refractivity contribution in [3.63, 3.8) is 0 Å². The summed E-state index contributed by atoms with van der Waals surface area (Å²) >= 11 is 4.80. The second-order valence-corrected chi connectivity index (χ2v) is 5.90. The lowest BCUT2D eigenvalue weighted by molar-refractivity contribution is -0.139. The van der Waals surface area contributed by atoms with Gasteiger partial charge in [0.05, 0.1) is 0 Å². The minimum atomic E-state index is -4.13. The lowest BCUT2D eigenvalue weighted by atomic mass is 10.1. The van der Waals surface area contributed by atoms with Gasteiger partial charge in [-0.2, -0.15) is 13.2 Å². The summed E-state index contributed by atoms with van der Waals surface area (Å²) in [6.07, 6.45) is -5.35. The third-order valence-electron chi connectivity index (χ3n) is 2.25. The molecule has 0 radical (unpaired) electrons. The molecule has 0 aliphatic rings. The molecule has 0 spiro atoms. The SMILES string of the molecule is CC(N)C(OCCCC(F)(F)F)c1cc(Br)cs1. The molecule has 7 heteroatoms. The van der Waals surface area contributed by atoms with E-state index in [1.165, 1.54) is 11.3 Å². The lowest BCUT2D eigenvalue weighted by Gasteiger charge is -2.20. The molecule has 0 aromatic carbocycles. The molecule has 1 aromatic heterocycles. The van der Waals surface area contributed by atoms with Gasteiger partial charge in [-0.1, -0.05) is 0 Å². The van der Waals surface area contributed by atoms with Crippen LogP contribution in [0.25, 0.3) is 0 Å². The van der Waals surface area contributed by atoms with Crippen molar-refractivity contribution in [2.24, 2.45) is 5.73 Å². The normalized spacial score (nSPS) is 15.7. The Bertz CT molecular complexity index is 367. The maximum absolute atomic E-state index is 12.0. The molecule has 1 heterocycles. The van der Waals surface area contributed by atoms with Gasteiger partial charge in [0.25, 0.3) is 0 Å². The number of ether oxygens (including phenoxy) is 1. The molecule has 18 heavy (non-hydrogen) atoms. The Labute approximate surface area is 116 Å². The summed E-state index contributed by atoms with van der Waals surface area (Å²) < 4.78 is 42.3. The first-order valence-electron chi connectivity index (χ1n) is 5.47. The minimum absolute atomic E-state index is 0.0424. The van der Waals surface area contributed by atoms with Gasteiger partial charge < -0.3 is 10.5 Å². The summed E-state index contributed by atoms with van der Waals surface area (Å²) in [7, 11) is 0. The fourth-order valence-electron chi connectivity index (χ4n) is 1.45. The molecule has 1 aromatic rings. The first kappa shape index (κ1) is 15.9. The minimum Gasteiger partial charge on any atom is -0.371 e. The lowest BCUT2D eigenvalue weighted by Crippen LogP contribution is -2.26. The zero-order chi connectivity index (χ0) is 13.8. The van der Waals surface area contributed by atoms with Crippen LogP contribution in [0, 0.1) is 0 Å². The van der Waals surface area contributed by atoms with E-state index in [9.17, 15) is 13.2 Å². The van der Waals surface area contributed by atoms with Crippen molar-refractivity contribution in [3.05, 3.63) is 20.8 Å². The highest BCUT2D eigenvalue weighted by Crippen LogP contribution is 2.30. The summed E-state index contributed by atoms with van der Waals surface area (Å²) in [5, 5.41) is 1.89. The van der Waals surface area contributed by atoms with Crippen molar-refractivity contribution in [2.45, 2.75) is 38.1 Å². The molecule has 2 unspecified atom stereocenters. The van der Waals surface area contributed by atoms with Crippen LogP contribution >= 0.6 is 27.3 Å². The van der Waals surface area contributed by atoms with Gasteiger partial charge in [0.1, 0.15) is 6.10 Å². The topological polar surface area (TPSA) is 35.2 Å². The van der Waals surface area contributed by atoms with Gasteiger partial charge in [0.2, 0.25) is 0 Å². The van der Waals surface area contributed by atoms with Gasteiger partial charge in [0, 0.05) is 33.8 Å². The second kappa shape index (κ2) is 6.88. The summed E-state index contributed by atoms with van der Waals surface area (Å²) in [6.45, 7) is 1.84. The van der Waals surface area contributed by atoms with Crippen LogP contribution in [-0.2, 0) is 4.74 Å². The van der Waals surface area contributed by atoms with E-state index in [0.29, 0.717) is 0 Å². The summed E-state index contributed by atoms with van der Waals surface area (Å²) in [5.41, 5.74) is 5.79. The molecule has 0 fully saturated rings. The van der Waals surface area contributed by atoms with Crippen LogP contribution in [0.15, 0.2) is 15.9 Å². The van der Waals surface area contributed by atoms with Gasteiger partial charge >= 0.3 is 6.18 Å². The van der Waals surface area contributed by atoms with E-state index in [2.05, 4.69) is 15.9 Å². The average molecular weight is 346 g/mol. The highest BCUT2D eigenvalue weighted by atomic mass is 79.9. The Morgan fingerprint density at radius 3 is 2.61 bits per heavy atom. The Kier molecular flexibility index (Phi) is 6.10.